The van der Waals surface area contributed by atoms with Crippen molar-refractivity contribution in [2.75, 3.05) is 26.3 Å². The van der Waals surface area contributed by atoms with Crippen LogP contribution in [0.15, 0.2) is 59.5 Å². The van der Waals surface area contributed by atoms with E-state index in [1.807, 2.05) is 49.4 Å². The molecule has 0 aromatic heterocycles. The first-order chi connectivity index (χ1) is 14.5. The minimum absolute atomic E-state index is 0.236. The number of sulfonamides is 1. The van der Waals surface area contributed by atoms with Crippen LogP contribution in [0.4, 0.5) is 0 Å². The lowest BCUT2D eigenvalue weighted by atomic mass is 9.77. The van der Waals surface area contributed by atoms with Gasteiger partial charge in [-0.05, 0) is 43.4 Å². The lowest BCUT2D eigenvalue weighted by Crippen LogP contribution is -2.51. The normalized spacial score (nSPS) is 24.4. The second-order valence-electron chi connectivity index (χ2n) is 8.49. The summed E-state index contributed by atoms with van der Waals surface area (Å²) >= 11 is 0. The molecule has 0 unspecified atom stereocenters. The number of morpholine rings is 1. The van der Waals surface area contributed by atoms with Crippen molar-refractivity contribution < 1.29 is 13.2 Å². The lowest BCUT2D eigenvalue weighted by molar-refractivity contribution is -0.0124. The van der Waals surface area contributed by atoms with Crippen molar-refractivity contribution in [3.63, 3.8) is 0 Å². The molecular weight excluding hydrogens is 396 g/mol. The van der Waals surface area contributed by atoms with Crippen LogP contribution in [-0.4, -0.2) is 45.7 Å². The Morgan fingerprint density at radius 3 is 2.33 bits per heavy atom. The zero-order chi connectivity index (χ0) is 21.0. The van der Waals surface area contributed by atoms with Gasteiger partial charge in [0.1, 0.15) is 0 Å². The summed E-state index contributed by atoms with van der Waals surface area (Å²) in [4.78, 5) is 2.84. The average molecular weight is 429 g/mol. The summed E-state index contributed by atoms with van der Waals surface area (Å²) in [6.07, 6.45) is 4.48. The topological polar surface area (TPSA) is 58.6 Å². The second-order valence-corrected chi connectivity index (χ2v) is 10.2. The molecule has 4 rings (SSSR count). The van der Waals surface area contributed by atoms with Crippen molar-refractivity contribution in [2.45, 2.75) is 49.6 Å². The number of hydrogen-bond donors (Lipinski definition) is 1. The molecule has 0 amide bonds. The van der Waals surface area contributed by atoms with Gasteiger partial charge in [0.15, 0.2) is 0 Å². The number of benzene rings is 2. The quantitative estimate of drug-likeness (QED) is 0.758. The lowest BCUT2D eigenvalue weighted by Gasteiger charge is -2.44. The van der Waals surface area contributed by atoms with Gasteiger partial charge in [-0.25, -0.2) is 13.1 Å². The Hall–Kier alpha value is -1.73. The maximum atomic E-state index is 13.3. The van der Waals surface area contributed by atoms with Gasteiger partial charge in [-0.3, -0.25) is 4.90 Å². The van der Waals surface area contributed by atoms with Gasteiger partial charge in [-0.2, -0.15) is 0 Å². The zero-order valence-electron chi connectivity index (χ0n) is 17.7. The number of nitrogens with one attached hydrogen (secondary N) is 1. The Morgan fingerprint density at radius 2 is 1.63 bits per heavy atom. The van der Waals surface area contributed by atoms with E-state index in [1.165, 1.54) is 6.42 Å². The van der Waals surface area contributed by atoms with Crippen molar-refractivity contribution >= 4 is 10.0 Å². The van der Waals surface area contributed by atoms with E-state index in [0.717, 1.165) is 56.7 Å². The van der Waals surface area contributed by atoms with Gasteiger partial charge >= 0.3 is 0 Å². The SMILES string of the molecule is Cc1ccc(S(=O)(=O)N[C@H](c2ccccc2)[C@H]2CCCC[C@@H]2N2CCOCC2)cc1. The Morgan fingerprint density at radius 1 is 0.967 bits per heavy atom. The van der Waals surface area contributed by atoms with Crippen LogP contribution < -0.4 is 4.72 Å². The van der Waals surface area contributed by atoms with Crippen molar-refractivity contribution in [1.82, 2.24) is 9.62 Å². The number of rotatable bonds is 6. The van der Waals surface area contributed by atoms with E-state index in [9.17, 15) is 8.42 Å². The Kier molecular flexibility index (Phi) is 6.88. The monoisotopic (exact) mass is 428 g/mol. The van der Waals surface area contributed by atoms with E-state index in [0.29, 0.717) is 10.9 Å². The third-order valence-corrected chi connectivity index (χ3v) is 7.95. The van der Waals surface area contributed by atoms with Gasteiger partial charge in [0.05, 0.1) is 24.2 Å². The maximum absolute atomic E-state index is 13.3. The summed E-state index contributed by atoms with van der Waals surface area (Å²) < 4.78 is 35.3. The highest BCUT2D eigenvalue weighted by Crippen LogP contribution is 2.38. The second kappa shape index (κ2) is 9.60. The van der Waals surface area contributed by atoms with E-state index < -0.39 is 10.0 Å². The first-order valence-electron chi connectivity index (χ1n) is 11.0. The number of nitrogens with zero attached hydrogens (tertiary/aromatic N) is 1. The summed E-state index contributed by atoms with van der Waals surface area (Å²) in [6.45, 7) is 5.33. The summed E-state index contributed by atoms with van der Waals surface area (Å²) in [5.74, 6) is 0.236. The van der Waals surface area contributed by atoms with Gasteiger partial charge in [-0.1, -0.05) is 60.9 Å². The molecule has 1 saturated heterocycles. The van der Waals surface area contributed by atoms with E-state index in [4.69, 9.17) is 4.74 Å². The molecule has 6 heteroatoms. The summed E-state index contributed by atoms with van der Waals surface area (Å²) in [6, 6.07) is 17.3. The number of aryl methyl sites for hydroxylation is 1. The first kappa shape index (κ1) is 21.5. The molecule has 1 heterocycles. The van der Waals surface area contributed by atoms with Crippen LogP contribution in [0.3, 0.4) is 0 Å². The molecule has 2 aromatic carbocycles. The van der Waals surface area contributed by atoms with Crippen LogP contribution in [0.1, 0.15) is 42.9 Å². The van der Waals surface area contributed by atoms with Crippen LogP contribution in [0.5, 0.6) is 0 Å². The van der Waals surface area contributed by atoms with Crippen LogP contribution in [0.2, 0.25) is 0 Å². The standard InChI is InChI=1S/C24H32N2O3S/c1-19-11-13-21(14-12-19)30(27,28)25-24(20-7-3-2-4-8-20)22-9-5-6-10-23(22)26-15-17-29-18-16-26/h2-4,7-8,11-14,22-25H,5-6,9-10,15-18H2,1H3/t22-,23-,24+/m0/s1. The minimum Gasteiger partial charge on any atom is -0.379 e. The van der Waals surface area contributed by atoms with Crippen LogP contribution in [-0.2, 0) is 14.8 Å². The molecule has 1 aliphatic carbocycles. The van der Waals surface area contributed by atoms with Gasteiger partial charge in [0.2, 0.25) is 10.0 Å². The Bertz CT molecular complexity index is 909. The fourth-order valence-electron chi connectivity index (χ4n) is 4.91. The molecule has 3 atom stereocenters. The number of hydrogen-bond acceptors (Lipinski definition) is 4. The molecule has 2 aromatic rings. The molecule has 1 aliphatic heterocycles. The molecule has 0 bridgehead atoms. The van der Waals surface area contributed by atoms with Crippen molar-refractivity contribution in [2.24, 2.45) is 5.92 Å². The zero-order valence-corrected chi connectivity index (χ0v) is 18.5. The minimum atomic E-state index is -3.62. The van der Waals surface area contributed by atoms with E-state index in [1.54, 1.807) is 12.1 Å². The van der Waals surface area contributed by atoms with Crippen LogP contribution >= 0.6 is 0 Å². The highest BCUT2D eigenvalue weighted by atomic mass is 32.2. The van der Waals surface area contributed by atoms with E-state index >= 15 is 0 Å². The average Bonchev–Trinajstić information content (AvgIpc) is 2.79. The third-order valence-electron chi connectivity index (χ3n) is 6.50. The maximum Gasteiger partial charge on any atom is 0.241 e. The van der Waals surface area contributed by atoms with Gasteiger partial charge in [0, 0.05) is 19.1 Å². The molecule has 1 saturated carbocycles. The highest BCUT2D eigenvalue weighted by Gasteiger charge is 2.38. The molecule has 5 nitrogen and oxygen atoms in total. The Balaban J connectivity index is 1.66. The summed E-state index contributed by atoms with van der Waals surface area (Å²) in [7, 11) is -3.62. The van der Waals surface area contributed by atoms with E-state index in [2.05, 4.69) is 9.62 Å². The van der Waals surface area contributed by atoms with Crippen molar-refractivity contribution in [3.05, 3.63) is 65.7 Å². The first-order valence-corrected chi connectivity index (χ1v) is 12.5. The fourth-order valence-corrected chi connectivity index (χ4v) is 6.18. The van der Waals surface area contributed by atoms with Crippen molar-refractivity contribution in [3.8, 4) is 0 Å². The summed E-state index contributed by atoms with van der Waals surface area (Å²) in [5, 5.41) is 0. The molecule has 0 spiro atoms. The van der Waals surface area contributed by atoms with E-state index in [-0.39, 0.29) is 12.0 Å². The molecule has 1 N–H and O–H groups in total. The van der Waals surface area contributed by atoms with Gasteiger partial charge in [-0.15, -0.1) is 0 Å². The van der Waals surface area contributed by atoms with Crippen molar-refractivity contribution in [1.29, 1.82) is 0 Å². The fraction of sp³-hybridized carbons (Fsp3) is 0.500. The highest BCUT2D eigenvalue weighted by molar-refractivity contribution is 7.89. The molecule has 0 radical (unpaired) electrons. The van der Waals surface area contributed by atoms with Gasteiger partial charge in [0.25, 0.3) is 0 Å². The third kappa shape index (κ3) is 4.94. The van der Waals surface area contributed by atoms with Crippen LogP contribution in [0.25, 0.3) is 0 Å². The molecule has 2 aliphatic rings. The predicted octanol–water partition coefficient (Wildman–Crippen LogP) is 3.91. The Labute approximate surface area is 180 Å². The largest absolute Gasteiger partial charge is 0.379 e. The smallest absolute Gasteiger partial charge is 0.241 e. The molecule has 30 heavy (non-hydrogen) atoms. The van der Waals surface area contributed by atoms with Crippen LogP contribution in [0, 0.1) is 12.8 Å². The molecule has 162 valence electrons. The predicted molar refractivity (Wildman–Crippen MR) is 119 cm³/mol. The molecular formula is C24H32N2O3S. The summed E-state index contributed by atoms with van der Waals surface area (Å²) in [5.41, 5.74) is 2.09. The number of ether oxygens (including phenoxy) is 1. The van der Waals surface area contributed by atoms with Gasteiger partial charge < -0.3 is 4.74 Å². The molecule has 2 fully saturated rings.